The van der Waals surface area contributed by atoms with Crippen LogP contribution in [0.3, 0.4) is 0 Å². The topological polar surface area (TPSA) is 3.24 Å². The second kappa shape index (κ2) is 11.7. The second-order valence-corrected chi connectivity index (χ2v) is 15.7. The number of anilines is 3. The van der Waals surface area contributed by atoms with E-state index in [0.717, 1.165) is 5.69 Å². The third kappa shape index (κ3) is 4.70. The standard InChI is InChI=1S/C52H41N/c1-51(2)43-26-15-13-24-41(43)48-45(51)28-17-29-46(48)53(39-31-37(34-18-7-5-8-19-34)30-38(32-39)35-20-9-6-10-21-35)47-33-36-22-11-12-23-40(36)50-49(47)42-25-14-16-27-44(42)52(50,3)4/h5-33H,1-4H3. The summed E-state index contributed by atoms with van der Waals surface area (Å²) < 4.78 is 0. The van der Waals surface area contributed by atoms with Crippen molar-refractivity contribution in [3.63, 3.8) is 0 Å². The van der Waals surface area contributed by atoms with Gasteiger partial charge < -0.3 is 4.90 Å². The van der Waals surface area contributed by atoms with E-state index in [1.165, 1.54) is 88.9 Å². The predicted molar refractivity (Wildman–Crippen MR) is 225 cm³/mol. The lowest BCUT2D eigenvalue weighted by Gasteiger charge is -2.32. The summed E-state index contributed by atoms with van der Waals surface area (Å²) in [5.41, 5.74) is 18.8. The molecule has 0 saturated carbocycles. The van der Waals surface area contributed by atoms with Gasteiger partial charge in [-0.2, -0.15) is 0 Å². The Hall–Kier alpha value is -6.18. The molecule has 0 N–H and O–H groups in total. The fourth-order valence-electron chi connectivity index (χ4n) is 9.48. The van der Waals surface area contributed by atoms with E-state index in [-0.39, 0.29) is 10.8 Å². The highest BCUT2D eigenvalue weighted by atomic mass is 15.1. The molecule has 0 saturated heterocycles. The summed E-state index contributed by atoms with van der Waals surface area (Å²) in [7, 11) is 0. The number of hydrogen-bond acceptors (Lipinski definition) is 1. The number of nitrogens with zero attached hydrogens (tertiary/aromatic N) is 1. The molecule has 0 bridgehead atoms. The Morgan fingerprint density at radius 2 is 0.906 bits per heavy atom. The van der Waals surface area contributed by atoms with Crippen molar-refractivity contribution < 1.29 is 0 Å². The Kier molecular flexibility index (Phi) is 6.94. The molecule has 0 heterocycles. The minimum absolute atomic E-state index is 0.130. The molecule has 0 aliphatic heterocycles. The highest BCUT2D eigenvalue weighted by Gasteiger charge is 2.41. The van der Waals surface area contributed by atoms with Gasteiger partial charge in [-0.3, -0.25) is 0 Å². The Bertz CT molecular complexity index is 2660. The van der Waals surface area contributed by atoms with Crippen LogP contribution in [-0.4, -0.2) is 0 Å². The summed E-state index contributed by atoms with van der Waals surface area (Å²) in [6, 6.07) is 65.3. The van der Waals surface area contributed by atoms with Crippen LogP contribution in [0.2, 0.25) is 0 Å². The summed E-state index contributed by atoms with van der Waals surface area (Å²) >= 11 is 0. The van der Waals surface area contributed by atoms with E-state index in [9.17, 15) is 0 Å². The molecule has 2 aliphatic rings. The zero-order valence-corrected chi connectivity index (χ0v) is 30.7. The van der Waals surface area contributed by atoms with Crippen molar-refractivity contribution in [3.05, 3.63) is 198 Å². The van der Waals surface area contributed by atoms with Gasteiger partial charge in [-0.1, -0.05) is 173 Å². The van der Waals surface area contributed by atoms with E-state index in [2.05, 4.69) is 209 Å². The van der Waals surface area contributed by atoms with Gasteiger partial charge >= 0.3 is 0 Å². The molecule has 2 aliphatic carbocycles. The molecule has 0 spiro atoms. The number of fused-ring (bicyclic) bond motifs is 8. The number of hydrogen-bond donors (Lipinski definition) is 0. The van der Waals surface area contributed by atoms with Crippen LogP contribution in [-0.2, 0) is 10.8 Å². The summed E-state index contributed by atoms with van der Waals surface area (Å²) in [6.07, 6.45) is 0. The summed E-state index contributed by atoms with van der Waals surface area (Å²) in [5.74, 6) is 0. The van der Waals surface area contributed by atoms with E-state index in [4.69, 9.17) is 0 Å². The molecule has 53 heavy (non-hydrogen) atoms. The lowest BCUT2D eigenvalue weighted by Crippen LogP contribution is -2.18. The average molecular weight is 680 g/mol. The molecule has 10 rings (SSSR count). The SMILES string of the molecule is CC1(C)c2ccccc2-c2c(N(c3cc(-c4ccccc4)cc(-c4ccccc4)c3)c3cc4ccccc4c4c3-c3ccccc3C4(C)C)cccc21. The molecule has 0 aromatic heterocycles. The minimum atomic E-state index is -0.179. The van der Waals surface area contributed by atoms with Crippen LogP contribution in [0.5, 0.6) is 0 Å². The molecule has 0 fully saturated rings. The first-order valence-corrected chi connectivity index (χ1v) is 18.8. The molecule has 0 amide bonds. The minimum Gasteiger partial charge on any atom is -0.309 e. The average Bonchev–Trinajstić information content (AvgIpc) is 3.59. The van der Waals surface area contributed by atoms with Gasteiger partial charge in [-0.25, -0.2) is 0 Å². The van der Waals surface area contributed by atoms with E-state index in [0.29, 0.717) is 0 Å². The third-order valence-electron chi connectivity index (χ3n) is 12.0. The van der Waals surface area contributed by atoms with Gasteiger partial charge in [-0.15, -0.1) is 0 Å². The largest absolute Gasteiger partial charge is 0.309 e. The van der Waals surface area contributed by atoms with Gasteiger partial charge in [0.05, 0.1) is 11.4 Å². The normalized spacial score (nSPS) is 14.3. The lowest BCUT2D eigenvalue weighted by atomic mass is 9.80. The third-order valence-corrected chi connectivity index (χ3v) is 12.0. The summed E-state index contributed by atoms with van der Waals surface area (Å²) in [6.45, 7) is 9.56. The predicted octanol–water partition coefficient (Wildman–Crippen LogP) is 14.3. The van der Waals surface area contributed by atoms with Crippen LogP contribution in [0.1, 0.15) is 49.9 Å². The maximum absolute atomic E-state index is 2.60. The Balaban J connectivity index is 1.37. The van der Waals surface area contributed by atoms with Crippen molar-refractivity contribution in [3.8, 4) is 44.5 Å². The fraction of sp³-hybridized carbons (Fsp3) is 0.115. The molecule has 8 aromatic rings. The second-order valence-electron chi connectivity index (χ2n) is 15.7. The maximum atomic E-state index is 2.60. The van der Waals surface area contributed by atoms with Crippen molar-refractivity contribution in [2.75, 3.05) is 4.90 Å². The van der Waals surface area contributed by atoms with Crippen molar-refractivity contribution in [2.24, 2.45) is 0 Å². The van der Waals surface area contributed by atoms with Crippen molar-refractivity contribution >= 4 is 27.8 Å². The Morgan fingerprint density at radius 3 is 1.57 bits per heavy atom. The van der Waals surface area contributed by atoms with Gasteiger partial charge in [0, 0.05) is 27.6 Å². The molecule has 8 aromatic carbocycles. The zero-order valence-electron chi connectivity index (χ0n) is 30.7. The lowest BCUT2D eigenvalue weighted by molar-refractivity contribution is 0.660. The molecule has 1 heteroatoms. The first-order chi connectivity index (χ1) is 25.8. The van der Waals surface area contributed by atoms with E-state index >= 15 is 0 Å². The maximum Gasteiger partial charge on any atom is 0.0549 e. The molecular formula is C52H41N. The van der Waals surface area contributed by atoms with E-state index in [1.807, 2.05) is 0 Å². The van der Waals surface area contributed by atoms with E-state index < -0.39 is 0 Å². The zero-order chi connectivity index (χ0) is 35.9. The van der Waals surface area contributed by atoms with Crippen LogP contribution < -0.4 is 4.90 Å². The van der Waals surface area contributed by atoms with Crippen molar-refractivity contribution in [1.29, 1.82) is 0 Å². The number of rotatable bonds is 5. The highest BCUT2D eigenvalue weighted by molar-refractivity contribution is 6.08. The summed E-state index contributed by atoms with van der Waals surface area (Å²) in [5, 5.41) is 2.57. The first-order valence-electron chi connectivity index (χ1n) is 18.8. The van der Waals surface area contributed by atoms with Crippen LogP contribution in [0.25, 0.3) is 55.3 Å². The van der Waals surface area contributed by atoms with Gasteiger partial charge in [0.15, 0.2) is 0 Å². The molecular weight excluding hydrogens is 639 g/mol. The van der Waals surface area contributed by atoms with Gasteiger partial charge in [-0.05, 0) is 96.7 Å². The number of benzene rings is 8. The molecule has 0 radical (unpaired) electrons. The Labute approximate surface area is 312 Å². The van der Waals surface area contributed by atoms with Crippen molar-refractivity contribution in [1.82, 2.24) is 0 Å². The van der Waals surface area contributed by atoms with Crippen LogP contribution in [0.15, 0.2) is 176 Å². The van der Waals surface area contributed by atoms with Gasteiger partial charge in [0.2, 0.25) is 0 Å². The molecule has 254 valence electrons. The van der Waals surface area contributed by atoms with E-state index in [1.54, 1.807) is 0 Å². The van der Waals surface area contributed by atoms with Crippen LogP contribution in [0, 0.1) is 0 Å². The fourth-order valence-corrected chi connectivity index (χ4v) is 9.48. The monoisotopic (exact) mass is 679 g/mol. The molecule has 1 nitrogen and oxygen atoms in total. The van der Waals surface area contributed by atoms with Crippen LogP contribution >= 0.6 is 0 Å². The molecule has 0 unspecified atom stereocenters. The van der Waals surface area contributed by atoms with Gasteiger partial charge in [0.1, 0.15) is 0 Å². The first kappa shape index (κ1) is 31.5. The quantitative estimate of drug-likeness (QED) is 0.175. The van der Waals surface area contributed by atoms with Crippen LogP contribution in [0.4, 0.5) is 17.1 Å². The highest BCUT2D eigenvalue weighted by Crippen LogP contribution is 2.59. The van der Waals surface area contributed by atoms with Gasteiger partial charge in [0.25, 0.3) is 0 Å². The summed E-state index contributed by atoms with van der Waals surface area (Å²) in [4.78, 5) is 2.60. The smallest absolute Gasteiger partial charge is 0.0549 e. The van der Waals surface area contributed by atoms with Crippen molar-refractivity contribution in [2.45, 2.75) is 38.5 Å². The molecule has 0 atom stereocenters. The Morgan fingerprint density at radius 1 is 0.377 bits per heavy atom.